The van der Waals surface area contributed by atoms with E-state index in [0.29, 0.717) is 4.99 Å². The van der Waals surface area contributed by atoms with Crippen LogP contribution in [-0.4, -0.2) is 15.2 Å². The number of aryl methyl sites for hydroxylation is 2. The summed E-state index contributed by atoms with van der Waals surface area (Å²) in [5, 5.41) is 10.2. The molecule has 16 heavy (non-hydrogen) atoms. The highest BCUT2D eigenvalue weighted by Crippen LogP contribution is 2.14. The van der Waals surface area contributed by atoms with Gasteiger partial charge in [-0.05, 0) is 26.0 Å². The summed E-state index contributed by atoms with van der Waals surface area (Å²) in [5.74, 6) is 0. The number of hydrogen-bond donors (Lipinski definition) is 2. The molecule has 1 heterocycles. The van der Waals surface area contributed by atoms with Gasteiger partial charge in [-0.3, -0.25) is 5.10 Å². The van der Waals surface area contributed by atoms with Gasteiger partial charge >= 0.3 is 0 Å². The number of benzene rings is 1. The zero-order valence-electron chi connectivity index (χ0n) is 9.24. The van der Waals surface area contributed by atoms with Crippen molar-refractivity contribution in [2.75, 3.05) is 5.32 Å². The molecule has 2 N–H and O–H groups in total. The molecule has 2 aromatic rings. The van der Waals surface area contributed by atoms with Gasteiger partial charge in [-0.25, -0.2) is 0 Å². The first-order valence-corrected chi connectivity index (χ1v) is 5.47. The van der Waals surface area contributed by atoms with Crippen LogP contribution in [0.1, 0.15) is 17.0 Å². The first-order valence-electron chi connectivity index (χ1n) is 5.06. The second-order valence-corrected chi connectivity index (χ2v) is 4.04. The van der Waals surface area contributed by atoms with Gasteiger partial charge in [0.05, 0.1) is 11.3 Å². The lowest BCUT2D eigenvalue weighted by atomic mass is 10.2. The topological polar surface area (TPSA) is 40.7 Å². The fourth-order valence-electron chi connectivity index (χ4n) is 1.60. The average Bonchev–Trinajstić information content (AvgIpc) is 2.60. The number of nitrogens with zero attached hydrogens (tertiary/aromatic N) is 1. The van der Waals surface area contributed by atoms with Crippen molar-refractivity contribution in [3.63, 3.8) is 0 Å². The molecule has 0 spiro atoms. The van der Waals surface area contributed by atoms with Crippen molar-refractivity contribution >= 4 is 22.9 Å². The van der Waals surface area contributed by atoms with Crippen molar-refractivity contribution in [2.45, 2.75) is 13.8 Å². The van der Waals surface area contributed by atoms with Gasteiger partial charge < -0.3 is 5.32 Å². The van der Waals surface area contributed by atoms with Crippen molar-refractivity contribution in [1.82, 2.24) is 10.2 Å². The highest BCUT2D eigenvalue weighted by Gasteiger charge is 2.11. The number of para-hydroxylation sites is 1. The van der Waals surface area contributed by atoms with Gasteiger partial charge in [-0.1, -0.05) is 30.4 Å². The van der Waals surface area contributed by atoms with Gasteiger partial charge in [-0.2, -0.15) is 5.10 Å². The number of rotatable bonds is 2. The van der Waals surface area contributed by atoms with Crippen molar-refractivity contribution < 1.29 is 0 Å². The van der Waals surface area contributed by atoms with Crippen LogP contribution in [0.15, 0.2) is 30.3 Å². The maximum Gasteiger partial charge on any atom is 0.114 e. The first-order chi connectivity index (χ1) is 7.68. The fourth-order valence-corrected chi connectivity index (χ4v) is 2.02. The van der Waals surface area contributed by atoms with E-state index in [1.54, 1.807) is 0 Å². The molecule has 0 aliphatic rings. The van der Waals surface area contributed by atoms with E-state index in [4.69, 9.17) is 12.2 Å². The molecule has 0 saturated carbocycles. The Hall–Kier alpha value is -1.68. The molecule has 82 valence electrons. The van der Waals surface area contributed by atoms with Crippen LogP contribution in [0.3, 0.4) is 0 Å². The van der Waals surface area contributed by atoms with Crippen LogP contribution in [-0.2, 0) is 0 Å². The second kappa shape index (κ2) is 4.45. The van der Waals surface area contributed by atoms with Gasteiger partial charge in [-0.15, -0.1) is 0 Å². The second-order valence-electron chi connectivity index (χ2n) is 3.63. The van der Waals surface area contributed by atoms with Crippen molar-refractivity contribution in [1.29, 1.82) is 0 Å². The van der Waals surface area contributed by atoms with E-state index in [0.717, 1.165) is 22.6 Å². The summed E-state index contributed by atoms with van der Waals surface area (Å²) >= 11 is 5.36. The first kappa shape index (κ1) is 10.8. The van der Waals surface area contributed by atoms with E-state index in [-0.39, 0.29) is 0 Å². The number of thiocarbonyl (C=S) groups is 1. The Bertz CT molecular complexity index is 483. The lowest BCUT2D eigenvalue weighted by Crippen LogP contribution is -2.12. The summed E-state index contributed by atoms with van der Waals surface area (Å²) < 4.78 is 0. The molecule has 0 unspecified atom stereocenters. The Balaban J connectivity index is 2.22. The molecule has 4 heteroatoms. The Morgan fingerprint density at radius 1 is 1.25 bits per heavy atom. The summed E-state index contributed by atoms with van der Waals surface area (Å²) in [7, 11) is 0. The quantitative estimate of drug-likeness (QED) is 0.781. The maximum atomic E-state index is 5.36. The van der Waals surface area contributed by atoms with Crippen LogP contribution >= 0.6 is 12.2 Å². The average molecular weight is 231 g/mol. The van der Waals surface area contributed by atoms with E-state index in [2.05, 4.69) is 15.5 Å². The molecule has 0 aliphatic carbocycles. The predicted molar refractivity (Wildman–Crippen MR) is 69.8 cm³/mol. The minimum Gasteiger partial charge on any atom is -0.346 e. The maximum absolute atomic E-state index is 5.36. The largest absolute Gasteiger partial charge is 0.346 e. The number of nitrogens with one attached hydrogen (secondary N) is 2. The molecule has 0 amide bonds. The Kier molecular flexibility index (Phi) is 3.01. The van der Waals surface area contributed by atoms with Gasteiger partial charge in [0.25, 0.3) is 0 Å². The molecular formula is C12H13N3S. The molecule has 0 atom stereocenters. The third-order valence-corrected chi connectivity index (χ3v) is 2.69. The van der Waals surface area contributed by atoms with E-state index < -0.39 is 0 Å². The van der Waals surface area contributed by atoms with E-state index >= 15 is 0 Å². The number of anilines is 1. The summed E-state index contributed by atoms with van der Waals surface area (Å²) in [6, 6.07) is 9.89. The molecular weight excluding hydrogens is 218 g/mol. The van der Waals surface area contributed by atoms with Crippen LogP contribution in [0.25, 0.3) is 0 Å². The van der Waals surface area contributed by atoms with Crippen molar-refractivity contribution in [3.8, 4) is 0 Å². The van der Waals surface area contributed by atoms with E-state index in [1.807, 2.05) is 44.2 Å². The highest BCUT2D eigenvalue weighted by molar-refractivity contribution is 7.81. The molecule has 2 rings (SSSR count). The number of hydrogen-bond acceptors (Lipinski definition) is 2. The fraction of sp³-hybridized carbons (Fsp3) is 0.167. The smallest absolute Gasteiger partial charge is 0.114 e. The summed E-state index contributed by atoms with van der Waals surface area (Å²) in [6.45, 7) is 3.91. The van der Waals surface area contributed by atoms with Crippen molar-refractivity contribution in [2.24, 2.45) is 0 Å². The van der Waals surface area contributed by atoms with Crippen LogP contribution < -0.4 is 5.32 Å². The molecule has 0 radical (unpaired) electrons. The monoisotopic (exact) mass is 231 g/mol. The number of aromatic nitrogens is 2. The predicted octanol–water partition coefficient (Wildman–Crippen LogP) is 2.81. The lowest BCUT2D eigenvalue weighted by Gasteiger charge is -2.07. The minimum atomic E-state index is 0.704. The summed E-state index contributed by atoms with van der Waals surface area (Å²) in [6.07, 6.45) is 0. The number of H-pyrrole nitrogens is 1. The summed E-state index contributed by atoms with van der Waals surface area (Å²) in [5.41, 5.74) is 3.89. The SMILES string of the molecule is Cc1n[nH]c(C)c1C(=S)Nc1ccccc1. The third kappa shape index (κ3) is 2.12. The van der Waals surface area contributed by atoms with Crippen molar-refractivity contribution in [3.05, 3.63) is 47.3 Å². The van der Waals surface area contributed by atoms with Gasteiger partial charge in [0, 0.05) is 11.4 Å². The zero-order chi connectivity index (χ0) is 11.5. The van der Waals surface area contributed by atoms with Crippen LogP contribution in [0.2, 0.25) is 0 Å². The van der Waals surface area contributed by atoms with Gasteiger partial charge in [0.2, 0.25) is 0 Å². The molecule has 1 aromatic carbocycles. The zero-order valence-corrected chi connectivity index (χ0v) is 10.1. The highest BCUT2D eigenvalue weighted by atomic mass is 32.1. The van der Waals surface area contributed by atoms with Gasteiger partial charge in [0.1, 0.15) is 4.99 Å². The van der Waals surface area contributed by atoms with Gasteiger partial charge in [0.15, 0.2) is 0 Å². The Morgan fingerprint density at radius 2 is 1.94 bits per heavy atom. The normalized spacial score (nSPS) is 10.1. The summed E-state index contributed by atoms with van der Waals surface area (Å²) in [4.78, 5) is 0.704. The van der Waals surface area contributed by atoms with E-state index in [1.165, 1.54) is 0 Å². The van der Waals surface area contributed by atoms with E-state index in [9.17, 15) is 0 Å². The molecule has 1 aromatic heterocycles. The van der Waals surface area contributed by atoms with Crippen LogP contribution in [0.4, 0.5) is 5.69 Å². The Labute approximate surface area is 99.9 Å². The molecule has 0 aliphatic heterocycles. The Morgan fingerprint density at radius 3 is 2.50 bits per heavy atom. The molecule has 0 saturated heterocycles. The minimum absolute atomic E-state index is 0.704. The van der Waals surface area contributed by atoms with Crippen LogP contribution in [0, 0.1) is 13.8 Å². The number of aromatic amines is 1. The standard InChI is InChI=1S/C12H13N3S/c1-8-11(9(2)15-14-8)12(16)13-10-6-4-3-5-7-10/h3-7H,1-2H3,(H,13,16)(H,14,15). The third-order valence-electron chi connectivity index (χ3n) is 2.39. The lowest BCUT2D eigenvalue weighted by molar-refractivity contribution is 1.02. The molecule has 0 fully saturated rings. The molecule has 3 nitrogen and oxygen atoms in total. The molecule has 0 bridgehead atoms. The van der Waals surface area contributed by atoms with Crippen LogP contribution in [0.5, 0.6) is 0 Å².